The molecule has 0 aliphatic heterocycles. The van der Waals surface area contributed by atoms with E-state index in [0.717, 1.165) is 27.7 Å². The molecule has 0 saturated carbocycles. The van der Waals surface area contributed by atoms with Gasteiger partial charge in [-0.2, -0.15) is 5.26 Å². The van der Waals surface area contributed by atoms with E-state index in [9.17, 15) is 4.79 Å². The van der Waals surface area contributed by atoms with Crippen LogP contribution in [0, 0.1) is 11.3 Å². The molecule has 1 amide bonds. The molecule has 1 aromatic heterocycles. The van der Waals surface area contributed by atoms with Gasteiger partial charge >= 0.3 is 0 Å². The molecule has 0 atom stereocenters. The molecule has 0 fully saturated rings. The van der Waals surface area contributed by atoms with Crippen molar-refractivity contribution >= 4 is 40.1 Å². The molecule has 0 radical (unpaired) electrons. The van der Waals surface area contributed by atoms with Gasteiger partial charge in [0.05, 0.1) is 23.7 Å². The van der Waals surface area contributed by atoms with Crippen LogP contribution in [0.4, 0.5) is 0 Å². The Morgan fingerprint density at radius 1 is 1.00 bits per heavy atom. The highest BCUT2D eigenvalue weighted by atomic mass is 35.5. The van der Waals surface area contributed by atoms with Gasteiger partial charge in [0.25, 0.3) is 5.91 Å². The molecule has 5 nitrogen and oxygen atoms in total. The van der Waals surface area contributed by atoms with Crippen molar-refractivity contribution in [3.05, 3.63) is 107 Å². The van der Waals surface area contributed by atoms with Gasteiger partial charge < -0.3 is 10.1 Å². The molecular formula is C28H22ClN3O2. The van der Waals surface area contributed by atoms with Crippen molar-refractivity contribution in [2.24, 2.45) is 0 Å². The first-order valence-corrected chi connectivity index (χ1v) is 11.2. The number of fused-ring (bicyclic) bond motifs is 1. The third-order valence-corrected chi connectivity index (χ3v) is 5.41. The quantitative estimate of drug-likeness (QED) is 0.195. The number of benzene rings is 3. The van der Waals surface area contributed by atoms with E-state index in [1.165, 1.54) is 0 Å². The van der Waals surface area contributed by atoms with Crippen molar-refractivity contribution in [1.29, 1.82) is 5.26 Å². The number of nitriles is 1. The summed E-state index contributed by atoms with van der Waals surface area (Å²) in [5, 5.41) is 13.2. The number of ether oxygens (including phenoxy) is 1. The Balaban J connectivity index is 1.48. The minimum Gasteiger partial charge on any atom is -0.487 e. The number of hydrogen-bond donors (Lipinski definition) is 1. The molecule has 0 saturated heterocycles. The van der Waals surface area contributed by atoms with Gasteiger partial charge in [-0.15, -0.1) is 0 Å². The molecule has 168 valence electrons. The van der Waals surface area contributed by atoms with Gasteiger partial charge in [-0.3, -0.25) is 4.79 Å². The molecule has 0 unspecified atom stereocenters. The van der Waals surface area contributed by atoms with Gasteiger partial charge in [-0.25, -0.2) is 4.98 Å². The summed E-state index contributed by atoms with van der Waals surface area (Å²) in [6, 6.07) is 28.6. The Labute approximate surface area is 203 Å². The summed E-state index contributed by atoms with van der Waals surface area (Å²) in [5.74, 6) is 0.457. The van der Waals surface area contributed by atoms with Crippen LogP contribution in [-0.4, -0.2) is 17.4 Å². The maximum absolute atomic E-state index is 12.8. The zero-order valence-electron chi connectivity index (χ0n) is 18.4. The molecule has 0 aliphatic carbocycles. The van der Waals surface area contributed by atoms with Crippen LogP contribution >= 0.6 is 11.6 Å². The van der Waals surface area contributed by atoms with Crippen molar-refractivity contribution < 1.29 is 9.53 Å². The Bertz CT molecular complexity index is 1360. The van der Waals surface area contributed by atoms with Gasteiger partial charge in [0.1, 0.15) is 12.4 Å². The Hall–Kier alpha value is -4.14. The van der Waals surface area contributed by atoms with E-state index in [1.54, 1.807) is 30.3 Å². The van der Waals surface area contributed by atoms with Crippen molar-refractivity contribution in [2.45, 2.75) is 13.0 Å². The van der Waals surface area contributed by atoms with Crippen molar-refractivity contribution in [3.8, 4) is 11.8 Å². The minimum absolute atomic E-state index is 0.248. The number of halogens is 1. The SMILES string of the molecule is N#CCCNC(=O)C(=Cc1ccc(OCc2ccc3ccccc3n2)cc1)c1ccc(Cl)cc1. The predicted molar refractivity (Wildman–Crippen MR) is 135 cm³/mol. The fourth-order valence-electron chi connectivity index (χ4n) is 3.41. The second-order valence-corrected chi connectivity index (χ2v) is 8.02. The largest absolute Gasteiger partial charge is 0.487 e. The van der Waals surface area contributed by atoms with Crippen LogP contribution < -0.4 is 10.1 Å². The molecule has 1 N–H and O–H groups in total. The summed E-state index contributed by atoms with van der Waals surface area (Å²) in [7, 11) is 0. The Morgan fingerprint density at radius 2 is 1.76 bits per heavy atom. The van der Waals surface area contributed by atoms with Crippen LogP contribution in [0.1, 0.15) is 23.2 Å². The number of nitrogens with zero attached hydrogens (tertiary/aromatic N) is 2. The number of hydrogen-bond acceptors (Lipinski definition) is 4. The fourth-order valence-corrected chi connectivity index (χ4v) is 3.54. The second-order valence-electron chi connectivity index (χ2n) is 7.58. The van der Waals surface area contributed by atoms with Crippen LogP contribution in [0.2, 0.25) is 5.02 Å². The van der Waals surface area contributed by atoms with Crippen molar-refractivity contribution in [2.75, 3.05) is 6.54 Å². The predicted octanol–water partition coefficient (Wildman–Crippen LogP) is 6.04. The summed E-state index contributed by atoms with van der Waals surface area (Å²) in [5.41, 5.74) is 3.86. The van der Waals surface area contributed by atoms with E-state index in [4.69, 9.17) is 21.6 Å². The second kappa shape index (κ2) is 11.1. The average molecular weight is 468 g/mol. The molecular weight excluding hydrogens is 446 g/mol. The molecule has 1 heterocycles. The minimum atomic E-state index is -0.250. The van der Waals surface area contributed by atoms with E-state index in [2.05, 4.69) is 10.3 Å². The van der Waals surface area contributed by atoms with Crippen molar-refractivity contribution in [1.82, 2.24) is 10.3 Å². The van der Waals surface area contributed by atoms with Crippen LogP contribution in [0.3, 0.4) is 0 Å². The highest BCUT2D eigenvalue weighted by molar-refractivity contribution is 6.31. The number of amides is 1. The summed E-state index contributed by atoms with van der Waals surface area (Å²) in [6.45, 7) is 0.646. The van der Waals surface area contributed by atoms with E-state index in [1.807, 2.05) is 66.7 Å². The molecule has 0 aliphatic rings. The maximum atomic E-state index is 12.8. The van der Waals surface area contributed by atoms with Gasteiger partial charge in [0.15, 0.2) is 0 Å². The third-order valence-electron chi connectivity index (χ3n) is 5.16. The summed E-state index contributed by atoms with van der Waals surface area (Å²) >= 11 is 6.00. The molecule has 6 heteroatoms. The summed E-state index contributed by atoms with van der Waals surface area (Å²) < 4.78 is 5.90. The standard InChI is InChI=1S/C28H22ClN3O2/c29-23-11-8-21(9-12-23)26(28(33)31-17-3-16-30)18-20-6-14-25(15-7-20)34-19-24-13-10-22-4-1-2-5-27(22)32-24/h1-2,4-15,18H,3,17,19H2,(H,31,33). The highest BCUT2D eigenvalue weighted by Gasteiger charge is 2.12. The molecule has 0 spiro atoms. The highest BCUT2D eigenvalue weighted by Crippen LogP contribution is 2.23. The summed E-state index contributed by atoms with van der Waals surface area (Å²) in [4.78, 5) is 17.4. The van der Waals surface area contributed by atoms with Crippen LogP contribution in [0.25, 0.3) is 22.6 Å². The van der Waals surface area contributed by atoms with E-state index >= 15 is 0 Å². The number of nitrogens with one attached hydrogen (secondary N) is 1. The normalized spacial score (nSPS) is 11.1. The fraction of sp³-hybridized carbons (Fsp3) is 0.107. The lowest BCUT2D eigenvalue weighted by atomic mass is 10.0. The van der Waals surface area contributed by atoms with E-state index in [0.29, 0.717) is 23.0 Å². The first-order valence-electron chi connectivity index (χ1n) is 10.8. The number of carbonyl (C=O) groups excluding carboxylic acids is 1. The smallest absolute Gasteiger partial charge is 0.251 e. The van der Waals surface area contributed by atoms with Crippen LogP contribution in [0.15, 0.2) is 84.9 Å². The first kappa shape index (κ1) is 23.0. The van der Waals surface area contributed by atoms with Crippen LogP contribution in [0.5, 0.6) is 5.75 Å². The Morgan fingerprint density at radius 3 is 2.53 bits per heavy atom. The van der Waals surface area contributed by atoms with Gasteiger partial charge in [0.2, 0.25) is 0 Å². The topological polar surface area (TPSA) is 75.0 Å². The lowest BCUT2D eigenvalue weighted by molar-refractivity contribution is -0.115. The van der Waals surface area contributed by atoms with Gasteiger partial charge in [-0.05, 0) is 53.6 Å². The Kier molecular flexibility index (Phi) is 7.54. The number of aromatic nitrogens is 1. The molecule has 34 heavy (non-hydrogen) atoms. The molecule has 3 aromatic carbocycles. The van der Waals surface area contributed by atoms with E-state index in [-0.39, 0.29) is 18.9 Å². The zero-order chi connectivity index (χ0) is 23.8. The van der Waals surface area contributed by atoms with Gasteiger partial charge in [0, 0.05) is 22.5 Å². The van der Waals surface area contributed by atoms with E-state index < -0.39 is 0 Å². The lowest BCUT2D eigenvalue weighted by Gasteiger charge is -2.10. The third kappa shape index (κ3) is 6.00. The van der Waals surface area contributed by atoms with Gasteiger partial charge in [-0.1, -0.05) is 60.1 Å². The number of rotatable bonds is 8. The average Bonchev–Trinajstić information content (AvgIpc) is 2.87. The van der Waals surface area contributed by atoms with Crippen molar-refractivity contribution in [3.63, 3.8) is 0 Å². The number of para-hydroxylation sites is 1. The summed E-state index contributed by atoms with van der Waals surface area (Å²) in [6.07, 6.45) is 2.05. The lowest BCUT2D eigenvalue weighted by Crippen LogP contribution is -2.25. The molecule has 4 rings (SSSR count). The number of carbonyl (C=O) groups is 1. The monoisotopic (exact) mass is 467 g/mol. The number of pyridine rings is 1. The first-order chi connectivity index (χ1) is 16.6. The van der Waals surface area contributed by atoms with Crippen LogP contribution in [-0.2, 0) is 11.4 Å². The maximum Gasteiger partial charge on any atom is 0.251 e. The molecule has 4 aromatic rings. The zero-order valence-corrected chi connectivity index (χ0v) is 19.1. The molecule has 0 bridgehead atoms.